The molecule has 0 aromatic heterocycles. The molecule has 1 unspecified atom stereocenters. The summed E-state index contributed by atoms with van der Waals surface area (Å²) in [6, 6.07) is 0. The van der Waals surface area contributed by atoms with Crippen molar-refractivity contribution in [3.63, 3.8) is 0 Å². The van der Waals surface area contributed by atoms with E-state index in [4.69, 9.17) is 10.2 Å². The lowest BCUT2D eigenvalue weighted by molar-refractivity contribution is -0.0270. The molecule has 1 aliphatic rings. The first kappa shape index (κ1) is 6.16. The molecule has 0 aromatic carbocycles. The van der Waals surface area contributed by atoms with Crippen molar-refractivity contribution in [2.75, 3.05) is 0 Å². The van der Waals surface area contributed by atoms with E-state index in [0.717, 1.165) is 0 Å². The minimum atomic E-state index is -0.977. The van der Waals surface area contributed by atoms with E-state index in [9.17, 15) is 0 Å². The van der Waals surface area contributed by atoms with Crippen molar-refractivity contribution in [3.8, 4) is 0 Å². The highest BCUT2D eigenvalue weighted by molar-refractivity contribution is 5.20. The SMILES string of the molecule is CC1=C(O)C=COC1O. The number of ether oxygens (including phenoxy) is 1. The van der Waals surface area contributed by atoms with E-state index in [1.807, 2.05) is 0 Å². The van der Waals surface area contributed by atoms with Crippen molar-refractivity contribution in [2.24, 2.45) is 0 Å². The number of allylic oxidation sites excluding steroid dienone is 1. The van der Waals surface area contributed by atoms with Crippen LogP contribution in [0.15, 0.2) is 23.7 Å². The third-order valence-corrected chi connectivity index (χ3v) is 1.21. The molecule has 1 atom stereocenters. The lowest BCUT2D eigenvalue weighted by Gasteiger charge is -2.14. The Bertz CT molecular complexity index is 169. The molecule has 3 heteroatoms. The standard InChI is InChI=1S/C6H8O3/c1-4-5(7)2-3-9-6(4)8/h2-3,6-8H,1H3. The third-order valence-electron chi connectivity index (χ3n) is 1.21. The van der Waals surface area contributed by atoms with Crippen LogP contribution in [0.25, 0.3) is 0 Å². The summed E-state index contributed by atoms with van der Waals surface area (Å²) in [5.41, 5.74) is 0.442. The van der Waals surface area contributed by atoms with E-state index >= 15 is 0 Å². The van der Waals surface area contributed by atoms with Crippen LogP contribution < -0.4 is 0 Å². The Morgan fingerprint density at radius 3 is 2.78 bits per heavy atom. The smallest absolute Gasteiger partial charge is 0.222 e. The van der Waals surface area contributed by atoms with Gasteiger partial charge in [-0.05, 0) is 6.92 Å². The number of aliphatic hydroxyl groups is 2. The molecule has 0 bridgehead atoms. The van der Waals surface area contributed by atoms with Gasteiger partial charge in [0, 0.05) is 11.6 Å². The normalized spacial score (nSPS) is 26.2. The van der Waals surface area contributed by atoms with E-state index in [1.54, 1.807) is 6.92 Å². The van der Waals surface area contributed by atoms with E-state index in [1.165, 1.54) is 12.3 Å². The van der Waals surface area contributed by atoms with Gasteiger partial charge < -0.3 is 14.9 Å². The average molecular weight is 128 g/mol. The van der Waals surface area contributed by atoms with Crippen LogP contribution in [0.4, 0.5) is 0 Å². The molecule has 0 aromatic rings. The fourth-order valence-corrected chi connectivity index (χ4v) is 0.538. The summed E-state index contributed by atoms with van der Waals surface area (Å²) in [5, 5.41) is 17.8. The monoisotopic (exact) mass is 128 g/mol. The summed E-state index contributed by atoms with van der Waals surface area (Å²) in [7, 11) is 0. The maximum atomic E-state index is 8.90. The summed E-state index contributed by atoms with van der Waals surface area (Å²) in [5.74, 6) is 0.0775. The largest absolute Gasteiger partial charge is 0.508 e. The quantitative estimate of drug-likeness (QED) is 0.504. The fraction of sp³-hybridized carbons (Fsp3) is 0.333. The Kier molecular flexibility index (Phi) is 1.44. The van der Waals surface area contributed by atoms with Gasteiger partial charge in [0.25, 0.3) is 0 Å². The van der Waals surface area contributed by atoms with Gasteiger partial charge in [0.15, 0.2) is 0 Å². The van der Waals surface area contributed by atoms with E-state index in [0.29, 0.717) is 5.57 Å². The molecule has 2 N–H and O–H groups in total. The fourth-order valence-electron chi connectivity index (χ4n) is 0.538. The molecule has 0 amide bonds. The summed E-state index contributed by atoms with van der Waals surface area (Å²) in [6.07, 6.45) is 1.67. The molecule has 0 aliphatic carbocycles. The predicted molar refractivity (Wildman–Crippen MR) is 31.6 cm³/mol. The molecule has 0 saturated carbocycles. The second kappa shape index (κ2) is 2.11. The van der Waals surface area contributed by atoms with Crippen molar-refractivity contribution in [3.05, 3.63) is 23.7 Å². The maximum Gasteiger partial charge on any atom is 0.222 e. The number of hydrogen-bond donors (Lipinski definition) is 2. The van der Waals surface area contributed by atoms with Crippen LogP contribution in [0.3, 0.4) is 0 Å². The zero-order valence-electron chi connectivity index (χ0n) is 5.03. The van der Waals surface area contributed by atoms with Gasteiger partial charge >= 0.3 is 0 Å². The first-order valence-corrected chi connectivity index (χ1v) is 2.61. The summed E-state index contributed by atoms with van der Waals surface area (Å²) >= 11 is 0. The van der Waals surface area contributed by atoms with Crippen LogP contribution >= 0.6 is 0 Å². The van der Waals surface area contributed by atoms with Crippen LogP contribution in [0.5, 0.6) is 0 Å². The molecule has 3 nitrogen and oxygen atoms in total. The molecule has 50 valence electrons. The Balaban J connectivity index is 2.83. The van der Waals surface area contributed by atoms with Crippen LogP contribution in [-0.2, 0) is 4.74 Å². The van der Waals surface area contributed by atoms with Crippen LogP contribution in [0, 0.1) is 0 Å². The zero-order chi connectivity index (χ0) is 6.85. The topological polar surface area (TPSA) is 49.7 Å². The van der Waals surface area contributed by atoms with Crippen molar-refractivity contribution in [1.29, 1.82) is 0 Å². The maximum absolute atomic E-state index is 8.90. The summed E-state index contributed by atoms with van der Waals surface area (Å²) < 4.78 is 4.62. The van der Waals surface area contributed by atoms with Gasteiger partial charge in [0.05, 0.1) is 6.26 Å². The molecule has 0 spiro atoms. The zero-order valence-corrected chi connectivity index (χ0v) is 5.03. The van der Waals surface area contributed by atoms with Crippen molar-refractivity contribution < 1.29 is 14.9 Å². The third kappa shape index (κ3) is 1.05. The second-order valence-corrected chi connectivity index (χ2v) is 1.86. The Morgan fingerprint density at radius 1 is 1.67 bits per heavy atom. The first-order chi connectivity index (χ1) is 4.22. The number of aliphatic hydroxyl groups excluding tert-OH is 2. The lowest BCUT2D eigenvalue weighted by Crippen LogP contribution is -2.14. The van der Waals surface area contributed by atoms with Gasteiger partial charge in [-0.25, -0.2) is 0 Å². The molecule has 1 heterocycles. The molecule has 1 aliphatic heterocycles. The lowest BCUT2D eigenvalue weighted by atomic mass is 10.2. The predicted octanol–water partition coefficient (Wildman–Crippen LogP) is 0.681. The first-order valence-electron chi connectivity index (χ1n) is 2.61. The highest BCUT2D eigenvalue weighted by atomic mass is 16.6. The Hall–Kier alpha value is -0.960. The van der Waals surface area contributed by atoms with Gasteiger partial charge in [-0.2, -0.15) is 0 Å². The average Bonchev–Trinajstić information content (AvgIpc) is 1.83. The molecule has 9 heavy (non-hydrogen) atoms. The molecular weight excluding hydrogens is 120 g/mol. The summed E-state index contributed by atoms with van der Waals surface area (Å²) in [4.78, 5) is 0. The minimum Gasteiger partial charge on any atom is -0.508 e. The highest BCUT2D eigenvalue weighted by Crippen LogP contribution is 2.13. The van der Waals surface area contributed by atoms with Gasteiger partial charge in [-0.3, -0.25) is 0 Å². The van der Waals surface area contributed by atoms with Crippen molar-refractivity contribution in [2.45, 2.75) is 13.2 Å². The molecule has 1 rings (SSSR count). The second-order valence-electron chi connectivity index (χ2n) is 1.86. The van der Waals surface area contributed by atoms with E-state index < -0.39 is 6.29 Å². The minimum absolute atomic E-state index is 0.0775. The van der Waals surface area contributed by atoms with E-state index in [2.05, 4.69) is 4.74 Å². The van der Waals surface area contributed by atoms with Crippen LogP contribution in [0.1, 0.15) is 6.92 Å². The molecule has 0 radical (unpaired) electrons. The van der Waals surface area contributed by atoms with E-state index in [-0.39, 0.29) is 5.76 Å². The number of hydrogen-bond acceptors (Lipinski definition) is 3. The molecular formula is C6H8O3. The van der Waals surface area contributed by atoms with Crippen molar-refractivity contribution >= 4 is 0 Å². The van der Waals surface area contributed by atoms with Gasteiger partial charge in [0.1, 0.15) is 5.76 Å². The number of rotatable bonds is 0. The highest BCUT2D eigenvalue weighted by Gasteiger charge is 2.12. The van der Waals surface area contributed by atoms with Gasteiger partial charge in [-0.1, -0.05) is 0 Å². The van der Waals surface area contributed by atoms with Crippen molar-refractivity contribution in [1.82, 2.24) is 0 Å². The molecule has 0 saturated heterocycles. The Labute approximate surface area is 52.9 Å². The molecule has 0 fully saturated rings. The van der Waals surface area contributed by atoms with Gasteiger partial charge in [-0.15, -0.1) is 0 Å². The summed E-state index contributed by atoms with van der Waals surface area (Å²) in [6.45, 7) is 1.60. The van der Waals surface area contributed by atoms with Crippen LogP contribution in [0.2, 0.25) is 0 Å². The van der Waals surface area contributed by atoms with Gasteiger partial charge in [0.2, 0.25) is 6.29 Å². The Morgan fingerprint density at radius 2 is 2.33 bits per heavy atom. The van der Waals surface area contributed by atoms with Crippen LogP contribution in [-0.4, -0.2) is 16.5 Å².